The zero-order valence-corrected chi connectivity index (χ0v) is 14.8. The van der Waals surface area contributed by atoms with Crippen molar-refractivity contribution in [3.05, 3.63) is 45.4 Å². The Morgan fingerprint density at radius 3 is 2.76 bits per heavy atom. The molecule has 0 aliphatic rings. The Morgan fingerprint density at radius 1 is 1.43 bits per heavy atom. The van der Waals surface area contributed by atoms with E-state index in [1.54, 1.807) is 6.33 Å². The van der Waals surface area contributed by atoms with E-state index in [0.29, 0.717) is 17.4 Å². The van der Waals surface area contributed by atoms with E-state index in [2.05, 4.69) is 39.9 Å². The van der Waals surface area contributed by atoms with Crippen molar-refractivity contribution in [1.29, 1.82) is 0 Å². The van der Waals surface area contributed by atoms with Crippen molar-refractivity contribution >= 4 is 27.5 Å². The summed E-state index contributed by atoms with van der Waals surface area (Å²) in [6, 6.07) is 5.77. The van der Waals surface area contributed by atoms with Gasteiger partial charge in [0.25, 0.3) is 0 Å². The third kappa shape index (κ3) is 4.05. The van der Waals surface area contributed by atoms with Crippen LogP contribution < -0.4 is 5.73 Å². The van der Waals surface area contributed by atoms with Crippen molar-refractivity contribution in [2.24, 2.45) is 11.7 Å². The van der Waals surface area contributed by atoms with Gasteiger partial charge in [0.1, 0.15) is 12.2 Å². The van der Waals surface area contributed by atoms with Crippen LogP contribution in [0, 0.1) is 5.92 Å². The smallest absolute Gasteiger partial charge is 0.138 e. The summed E-state index contributed by atoms with van der Waals surface area (Å²) >= 11 is 9.74. The molecule has 1 aromatic carbocycles. The maximum Gasteiger partial charge on any atom is 0.138 e. The number of hydrogen-bond donors (Lipinski definition) is 1. The topological polar surface area (TPSA) is 56.7 Å². The third-order valence-corrected chi connectivity index (χ3v) is 4.11. The van der Waals surface area contributed by atoms with Crippen LogP contribution in [0.3, 0.4) is 0 Å². The molecule has 2 aromatic rings. The van der Waals surface area contributed by atoms with Crippen LogP contribution in [0.15, 0.2) is 29.0 Å². The Labute approximate surface area is 138 Å². The Balaban J connectivity index is 2.27. The summed E-state index contributed by atoms with van der Waals surface area (Å²) in [7, 11) is 0. The maximum atomic E-state index is 6.50. The molecule has 0 aliphatic carbocycles. The minimum Gasteiger partial charge on any atom is -0.321 e. The van der Waals surface area contributed by atoms with Crippen LogP contribution in [0.25, 0.3) is 0 Å². The molecule has 0 saturated carbocycles. The van der Waals surface area contributed by atoms with Crippen molar-refractivity contribution in [2.45, 2.75) is 39.3 Å². The van der Waals surface area contributed by atoms with E-state index >= 15 is 0 Å². The highest BCUT2D eigenvalue weighted by Crippen LogP contribution is 2.31. The second kappa shape index (κ2) is 6.46. The first-order chi connectivity index (χ1) is 9.79. The molecule has 0 saturated heterocycles. The molecule has 0 radical (unpaired) electrons. The van der Waals surface area contributed by atoms with Gasteiger partial charge >= 0.3 is 0 Å². The largest absolute Gasteiger partial charge is 0.321 e. The van der Waals surface area contributed by atoms with E-state index in [9.17, 15) is 0 Å². The molecule has 1 atom stereocenters. The second-order valence-corrected chi connectivity index (χ2v) is 7.29. The van der Waals surface area contributed by atoms with Crippen molar-refractivity contribution in [1.82, 2.24) is 14.8 Å². The molecular weight excluding hydrogens is 352 g/mol. The van der Waals surface area contributed by atoms with E-state index in [0.717, 1.165) is 22.4 Å². The van der Waals surface area contributed by atoms with Crippen molar-refractivity contribution in [3.8, 4) is 0 Å². The van der Waals surface area contributed by atoms with Crippen LogP contribution in [-0.2, 0) is 18.5 Å². The van der Waals surface area contributed by atoms with Crippen LogP contribution in [0.5, 0.6) is 0 Å². The molecule has 2 N–H and O–H groups in total. The quantitative estimate of drug-likeness (QED) is 0.870. The average molecular weight is 372 g/mol. The first-order valence-electron chi connectivity index (χ1n) is 6.90. The number of halogens is 2. The molecule has 2 rings (SSSR count). The van der Waals surface area contributed by atoms with Gasteiger partial charge in [-0.25, -0.2) is 9.67 Å². The Kier molecular flexibility index (Phi) is 5.07. The van der Waals surface area contributed by atoms with E-state index < -0.39 is 5.54 Å². The molecule has 114 valence electrons. The standard InChI is InChI=1S/C15H20BrClN4/c1-10(2)8-21-14(19-9-20-21)7-15(3,18)12-5-4-11(16)6-13(12)17/h4-6,9-10H,7-8,18H2,1-3H3. The summed E-state index contributed by atoms with van der Waals surface area (Å²) in [5.41, 5.74) is 6.81. The lowest BCUT2D eigenvalue weighted by atomic mass is 9.89. The van der Waals surface area contributed by atoms with Crippen LogP contribution in [0.1, 0.15) is 32.2 Å². The monoisotopic (exact) mass is 370 g/mol. The Bertz CT molecular complexity index is 622. The molecule has 1 heterocycles. The summed E-state index contributed by atoms with van der Waals surface area (Å²) < 4.78 is 2.86. The Hall–Kier alpha value is -0.910. The van der Waals surface area contributed by atoms with Crippen LogP contribution in [0.4, 0.5) is 0 Å². The van der Waals surface area contributed by atoms with Gasteiger partial charge in [-0.1, -0.05) is 47.4 Å². The van der Waals surface area contributed by atoms with Gasteiger partial charge in [-0.15, -0.1) is 0 Å². The molecule has 6 heteroatoms. The highest BCUT2D eigenvalue weighted by molar-refractivity contribution is 9.10. The molecule has 1 aromatic heterocycles. The number of nitrogens with two attached hydrogens (primary N) is 1. The first-order valence-corrected chi connectivity index (χ1v) is 8.08. The van der Waals surface area contributed by atoms with E-state index in [-0.39, 0.29) is 0 Å². The highest BCUT2D eigenvalue weighted by atomic mass is 79.9. The Morgan fingerprint density at radius 2 is 2.14 bits per heavy atom. The van der Waals surface area contributed by atoms with Crippen LogP contribution >= 0.6 is 27.5 Å². The average Bonchev–Trinajstić information content (AvgIpc) is 2.74. The minimum atomic E-state index is -0.598. The van der Waals surface area contributed by atoms with Gasteiger partial charge in [0, 0.05) is 28.0 Å². The zero-order valence-electron chi connectivity index (χ0n) is 12.5. The molecule has 4 nitrogen and oxygen atoms in total. The molecule has 0 bridgehead atoms. The van der Waals surface area contributed by atoms with Gasteiger partial charge in [-0.2, -0.15) is 5.10 Å². The molecule has 0 amide bonds. The van der Waals surface area contributed by atoms with Gasteiger partial charge in [0.15, 0.2) is 0 Å². The number of nitrogens with zero attached hydrogens (tertiary/aromatic N) is 3. The number of hydrogen-bond acceptors (Lipinski definition) is 3. The van der Waals surface area contributed by atoms with E-state index in [1.807, 2.05) is 29.8 Å². The molecular formula is C15H20BrClN4. The number of aromatic nitrogens is 3. The fourth-order valence-electron chi connectivity index (χ4n) is 2.30. The maximum absolute atomic E-state index is 6.50. The lowest BCUT2D eigenvalue weighted by molar-refractivity contribution is 0.422. The highest BCUT2D eigenvalue weighted by Gasteiger charge is 2.27. The lowest BCUT2D eigenvalue weighted by Gasteiger charge is -2.26. The molecule has 0 aliphatic heterocycles. The molecule has 1 unspecified atom stereocenters. The third-order valence-electron chi connectivity index (χ3n) is 3.31. The summed E-state index contributed by atoms with van der Waals surface area (Å²) in [4.78, 5) is 4.35. The summed E-state index contributed by atoms with van der Waals surface area (Å²) in [5, 5.41) is 4.94. The SMILES string of the molecule is CC(C)Cn1ncnc1CC(C)(N)c1ccc(Br)cc1Cl. The molecule has 0 spiro atoms. The van der Waals surface area contributed by atoms with Crippen molar-refractivity contribution < 1.29 is 0 Å². The second-order valence-electron chi connectivity index (χ2n) is 5.97. The summed E-state index contributed by atoms with van der Waals surface area (Å²) in [5.74, 6) is 1.39. The lowest BCUT2D eigenvalue weighted by Crippen LogP contribution is -2.37. The van der Waals surface area contributed by atoms with Gasteiger partial charge < -0.3 is 5.73 Å². The predicted molar refractivity (Wildman–Crippen MR) is 89.3 cm³/mol. The number of benzene rings is 1. The fraction of sp³-hybridized carbons (Fsp3) is 0.467. The van der Waals surface area contributed by atoms with E-state index in [4.69, 9.17) is 17.3 Å². The summed E-state index contributed by atoms with van der Waals surface area (Å²) in [6.07, 6.45) is 2.16. The van der Waals surface area contributed by atoms with Crippen molar-refractivity contribution in [2.75, 3.05) is 0 Å². The molecule has 21 heavy (non-hydrogen) atoms. The van der Waals surface area contributed by atoms with Gasteiger partial charge in [0.05, 0.1) is 0 Å². The molecule has 0 fully saturated rings. The first kappa shape index (κ1) is 16.5. The normalized spacial score (nSPS) is 14.4. The number of rotatable bonds is 5. The zero-order chi connectivity index (χ0) is 15.6. The van der Waals surface area contributed by atoms with Gasteiger partial charge in [-0.05, 0) is 30.5 Å². The van der Waals surface area contributed by atoms with Crippen LogP contribution in [0.2, 0.25) is 5.02 Å². The van der Waals surface area contributed by atoms with Gasteiger partial charge in [0.2, 0.25) is 0 Å². The van der Waals surface area contributed by atoms with Crippen molar-refractivity contribution in [3.63, 3.8) is 0 Å². The summed E-state index contributed by atoms with van der Waals surface area (Å²) in [6.45, 7) is 7.10. The van der Waals surface area contributed by atoms with E-state index in [1.165, 1.54) is 0 Å². The fourth-order valence-corrected chi connectivity index (χ4v) is 3.19. The van der Waals surface area contributed by atoms with Crippen LogP contribution in [-0.4, -0.2) is 14.8 Å². The predicted octanol–water partition coefficient (Wildman–Crippen LogP) is 3.77. The minimum absolute atomic E-state index is 0.505. The van der Waals surface area contributed by atoms with Gasteiger partial charge in [-0.3, -0.25) is 0 Å².